The Balaban J connectivity index is 1.32. The summed E-state index contributed by atoms with van der Waals surface area (Å²) in [4.78, 5) is 39.5. The van der Waals surface area contributed by atoms with Gasteiger partial charge in [0.2, 0.25) is 0 Å². The summed E-state index contributed by atoms with van der Waals surface area (Å²) in [6, 6.07) is 21.9. The predicted octanol–water partition coefficient (Wildman–Crippen LogP) is 4.64. The van der Waals surface area contributed by atoms with E-state index in [0.29, 0.717) is 34.7 Å². The fraction of sp³-hybridized carbons (Fsp3) is 0.125. The lowest BCUT2D eigenvalue weighted by atomic mass is 10.1. The number of fused-ring (bicyclic) bond motifs is 1. The van der Waals surface area contributed by atoms with Gasteiger partial charge in [-0.25, -0.2) is 0 Å². The monoisotopic (exact) mass is 416 g/mol. The van der Waals surface area contributed by atoms with Crippen molar-refractivity contribution in [3.8, 4) is 0 Å². The first-order valence-electron chi connectivity index (χ1n) is 9.59. The second kappa shape index (κ2) is 8.55. The zero-order valence-corrected chi connectivity index (χ0v) is 17.2. The van der Waals surface area contributed by atoms with Crippen molar-refractivity contribution in [2.45, 2.75) is 11.8 Å². The fourth-order valence-electron chi connectivity index (χ4n) is 3.36. The molecule has 6 heteroatoms. The lowest BCUT2D eigenvalue weighted by molar-refractivity contribution is 0.0664. The maximum Gasteiger partial charge on any atom is 0.261 e. The van der Waals surface area contributed by atoms with Gasteiger partial charge in [0, 0.05) is 28.4 Å². The minimum Gasteiger partial charge on any atom is -0.322 e. The average molecular weight is 417 g/mol. The Hall–Kier alpha value is -3.38. The van der Waals surface area contributed by atoms with Crippen LogP contribution in [0.25, 0.3) is 0 Å². The Morgan fingerprint density at radius 1 is 0.867 bits per heavy atom. The van der Waals surface area contributed by atoms with E-state index < -0.39 is 0 Å². The van der Waals surface area contributed by atoms with E-state index in [1.54, 1.807) is 42.1 Å². The fourth-order valence-corrected chi connectivity index (χ4v) is 4.20. The highest BCUT2D eigenvalue weighted by molar-refractivity contribution is 7.99. The van der Waals surface area contributed by atoms with Gasteiger partial charge in [-0.3, -0.25) is 19.3 Å². The summed E-state index contributed by atoms with van der Waals surface area (Å²) in [5.41, 5.74) is 3.24. The van der Waals surface area contributed by atoms with Gasteiger partial charge in [-0.05, 0) is 55.0 Å². The molecule has 1 aliphatic rings. The molecule has 3 amide bonds. The van der Waals surface area contributed by atoms with Crippen LogP contribution in [0.3, 0.4) is 0 Å². The van der Waals surface area contributed by atoms with Crippen molar-refractivity contribution in [3.05, 3.63) is 95.1 Å². The minimum atomic E-state index is -0.231. The largest absolute Gasteiger partial charge is 0.322 e. The summed E-state index contributed by atoms with van der Waals surface area (Å²) < 4.78 is 0. The number of carbonyl (C=O) groups excluding carboxylic acids is 3. The van der Waals surface area contributed by atoms with Crippen LogP contribution in [0.4, 0.5) is 5.69 Å². The first kappa shape index (κ1) is 19.9. The van der Waals surface area contributed by atoms with E-state index in [2.05, 4.69) is 5.32 Å². The third kappa shape index (κ3) is 4.00. The van der Waals surface area contributed by atoms with Crippen molar-refractivity contribution >= 4 is 35.2 Å². The number of hydrogen-bond acceptors (Lipinski definition) is 4. The summed E-state index contributed by atoms with van der Waals surface area (Å²) in [7, 11) is 0. The molecule has 0 radical (unpaired) electrons. The van der Waals surface area contributed by atoms with Gasteiger partial charge in [-0.1, -0.05) is 30.3 Å². The molecule has 0 bridgehead atoms. The summed E-state index contributed by atoms with van der Waals surface area (Å²) >= 11 is 1.56. The van der Waals surface area contributed by atoms with Crippen LogP contribution in [-0.2, 0) is 0 Å². The van der Waals surface area contributed by atoms with E-state index in [4.69, 9.17) is 0 Å². The summed E-state index contributed by atoms with van der Waals surface area (Å²) in [5.74, 6) is -0.00419. The van der Waals surface area contributed by atoms with Crippen LogP contribution in [0.5, 0.6) is 0 Å². The number of thioether (sulfide) groups is 1. The van der Waals surface area contributed by atoms with Crippen molar-refractivity contribution in [2.75, 3.05) is 17.6 Å². The molecule has 0 saturated heterocycles. The second-order valence-electron chi connectivity index (χ2n) is 6.95. The number of rotatable bonds is 6. The Labute approximate surface area is 179 Å². The van der Waals surface area contributed by atoms with Crippen molar-refractivity contribution in [1.29, 1.82) is 0 Å². The highest BCUT2D eigenvalue weighted by Crippen LogP contribution is 2.25. The number of imide groups is 1. The quantitative estimate of drug-likeness (QED) is 0.470. The van der Waals surface area contributed by atoms with Crippen molar-refractivity contribution in [2.24, 2.45) is 0 Å². The van der Waals surface area contributed by atoms with E-state index in [9.17, 15) is 14.4 Å². The molecule has 0 saturated carbocycles. The van der Waals surface area contributed by atoms with E-state index in [1.165, 1.54) is 4.90 Å². The molecule has 0 atom stereocenters. The average Bonchev–Trinajstić information content (AvgIpc) is 3.00. The number of nitrogens with zero attached hydrogens (tertiary/aromatic N) is 1. The van der Waals surface area contributed by atoms with E-state index in [0.717, 1.165) is 10.5 Å². The number of amides is 3. The van der Waals surface area contributed by atoms with Gasteiger partial charge in [0.1, 0.15) is 0 Å². The Morgan fingerprint density at radius 3 is 2.10 bits per heavy atom. The molecule has 1 N–H and O–H groups in total. The minimum absolute atomic E-state index is 0.140. The van der Waals surface area contributed by atoms with Gasteiger partial charge in [-0.2, -0.15) is 0 Å². The van der Waals surface area contributed by atoms with Crippen LogP contribution in [-0.4, -0.2) is 34.9 Å². The van der Waals surface area contributed by atoms with Crippen molar-refractivity contribution in [3.63, 3.8) is 0 Å². The van der Waals surface area contributed by atoms with Gasteiger partial charge >= 0.3 is 0 Å². The molecule has 5 nitrogen and oxygen atoms in total. The van der Waals surface area contributed by atoms with Crippen LogP contribution in [0.15, 0.2) is 77.7 Å². The summed E-state index contributed by atoms with van der Waals surface area (Å²) in [6.45, 7) is 2.26. The van der Waals surface area contributed by atoms with E-state index in [-0.39, 0.29) is 17.7 Å². The summed E-state index contributed by atoms with van der Waals surface area (Å²) in [6.07, 6.45) is 0. The standard InChI is InChI=1S/C24H20N2O3S/c1-16-6-2-3-7-19(16)22(27)25-17-10-12-18(13-11-17)30-15-14-26-23(28)20-8-4-5-9-21(20)24(26)29/h2-13H,14-15H2,1H3,(H,25,27). The number of hydrogen-bond donors (Lipinski definition) is 1. The van der Waals surface area contributed by atoms with Crippen LogP contribution in [0, 0.1) is 6.92 Å². The first-order chi connectivity index (χ1) is 14.5. The molecule has 30 heavy (non-hydrogen) atoms. The Bertz CT molecular complexity index is 1090. The van der Waals surface area contributed by atoms with Crippen LogP contribution < -0.4 is 5.32 Å². The molecule has 150 valence electrons. The number of aryl methyl sites for hydroxylation is 1. The third-order valence-corrected chi connectivity index (χ3v) is 5.96. The van der Waals surface area contributed by atoms with E-state index in [1.807, 2.05) is 49.4 Å². The normalized spacial score (nSPS) is 12.8. The lowest BCUT2D eigenvalue weighted by Gasteiger charge is -2.13. The molecule has 3 aromatic carbocycles. The van der Waals surface area contributed by atoms with Gasteiger partial charge in [0.05, 0.1) is 11.1 Å². The molecular weight excluding hydrogens is 396 g/mol. The molecule has 0 unspecified atom stereocenters. The maximum absolute atomic E-state index is 12.4. The first-order valence-corrected chi connectivity index (χ1v) is 10.6. The molecular formula is C24H20N2O3S. The predicted molar refractivity (Wildman–Crippen MR) is 118 cm³/mol. The second-order valence-corrected chi connectivity index (χ2v) is 8.12. The number of nitrogens with one attached hydrogen (secondary N) is 1. The molecule has 0 fully saturated rings. The lowest BCUT2D eigenvalue weighted by Crippen LogP contribution is -2.31. The van der Waals surface area contributed by atoms with Gasteiger partial charge < -0.3 is 5.32 Å². The maximum atomic E-state index is 12.4. The highest BCUT2D eigenvalue weighted by Gasteiger charge is 2.34. The van der Waals surface area contributed by atoms with Crippen molar-refractivity contribution in [1.82, 2.24) is 4.90 Å². The molecule has 1 heterocycles. The molecule has 0 aromatic heterocycles. The zero-order chi connectivity index (χ0) is 21.1. The Kier molecular flexibility index (Phi) is 5.68. The van der Waals surface area contributed by atoms with Crippen LogP contribution >= 0.6 is 11.8 Å². The van der Waals surface area contributed by atoms with Crippen LogP contribution in [0.2, 0.25) is 0 Å². The van der Waals surface area contributed by atoms with Crippen LogP contribution in [0.1, 0.15) is 36.6 Å². The third-order valence-electron chi connectivity index (χ3n) is 4.96. The zero-order valence-electron chi connectivity index (χ0n) is 16.4. The number of carbonyl (C=O) groups is 3. The number of benzene rings is 3. The molecule has 1 aliphatic heterocycles. The van der Waals surface area contributed by atoms with Gasteiger partial charge in [-0.15, -0.1) is 11.8 Å². The highest BCUT2D eigenvalue weighted by atomic mass is 32.2. The molecule has 0 aliphatic carbocycles. The molecule has 3 aromatic rings. The molecule has 4 rings (SSSR count). The topological polar surface area (TPSA) is 66.5 Å². The smallest absolute Gasteiger partial charge is 0.261 e. The Morgan fingerprint density at radius 2 is 1.47 bits per heavy atom. The number of anilines is 1. The SMILES string of the molecule is Cc1ccccc1C(=O)Nc1ccc(SCCN2C(=O)c3ccccc3C2=O)cc1. The van der Waals surface area contributed by atoms with Crippen molar-refractivity contribution < 1.29 is 14.4 Å². The van der Waals surface area contributed by atoms with Gasteiger partial charge in [0.15, 0.2) is 0 Å². The molecule has 0 spiro atoms. The van der Waals surface area contributed by atoms with Gasteiger partial charge in [0.25, 0.3) is 17.7 Å². The van der Waals surface area contributed by atoms with E-state index >= 15 is 0 Å². The summed E-state index contributed by atoms with van der Waals surface area (Å²) in [5, 5.41) is 2.90.